The molecule has 0 aliphatic carbocycles. The average molecular weight is 299 g/mol. The van der Waals surface area contributed by atoms with Crippen LogP contribution in [-0.4, -0.2) is 13.7 Å². The second-order valence-electron chi connectivity index (χ2n) is 5.19. The third-order valence-electron chi connectivity index (χ3n) is 3.05. The fourth-order valence-electron chi connectivity index (χ4n) is 2.15. The maximum Gasteiger partial charge on any atom is 0.141 e. The van der Waals surface area contributed by atoms with Crippen LogP contribution in [0.1, 0.15) is 24.3 Å². The Morgan fingerprint density at radius 1 is 1.25 bits per heavy atom. The Balaban J connectivity index is 2.40. The normalized spacial score (nSPS) is 11.7. The number of thiophene rings is 1. The van der Waals surface area contributed by atoms with E-state index in [-0.39, 0.29) is 11.6 Å². The number of benzene rings is 1. The van der Waals surface area contributed by atoms with E-state index in [4.69, 9.17) is 4.74 Å². The van der Waals surface area contributed by atoms with Gasteiger partial charge in [-0.15, -0.1) is 11.3 Å². The number of ether oxygens (including phenoxy) is 1. The van der Waals surface area contributed by atoms with Gasteiger partial charge in [0.15, 0.2) is 0 Å². The summed E-state index contributed by atoms with van der Waals surface area (Å²) in [7, 11) is 1.56. The minimum Gasteiger partial charge on any atom is -0.380 e. The lowest BCUT2D eigenvalue weighted by atomic mass is 10.1. The van der Waals surface area contributed by atoms with Crippen LogP contribution in [0.2, 0.25) is 0 Å². The molecule has 5 heteroatoms. The van der Waals surface area contributed by atoms with Crippen LogP contribution < -0.4 is 5.32 Å². The van der Waals surface area contributed by atoms with Gasteiger partial charge in [-0.3, -0.25) is 0 Å². The smallest absolute Gasteiger partial charge is 0.141 e. The summed E-state index contributed by atoms with van der Waals surface area (Å²) < 4.78 is 33.3. The van der Waals surface area contributed by atoms with Gasteiger partial charge in [-0.2, -0.15) is 0 Å². The van der Waals surface area contributed by atoms with Gasteiger partial charge in [-0.1, -0.05) is 13.8 Å². The van der Waals surface area contributed by atoms with Crippen molar-refractivity contribution in [2.24, 2.45) is 5.92 Å². The highest BCUT2D eigenvalue weighted by Crippen LogP contribution is 2.35. The van der Waals surface area contributed by atoms with Crippen molar-refractivity contribution in [1.82, 2.24) is 5.32 Å². The molecule has 0 fully saturated rings. The summed E-state index contributed by atoms with van der Waals surface area (Å²) in [5, 5.41) is 3.67. The van der Waals surface area contributed by atoms with Crippen molar-refractivity contribution in [3.63, 3.8) is 0 Å². The van der Waals surface area contributed by atoms with Crippen LogP contribution in [0.15, 0.2) is 12.1 Å². The second kappa shape index (κ2) is 6.61. The van der Waals surface area contributed by atoms with Crippen LogP contribution in [-0.2, 0) is 17.9 Å². The fourth-order valence-corrected chi connectivity index (χ4v) is 3.35. The molecule has 2 rings (SSSR count). The van der Waals surface area contributed by atoms with Gasteiger partial charge in [0.05, 0.1) is 11.3 Å². The Bertz CT molecular complexity index is 595. The van der Waals surface area contributed by atoms with E-state index in [1.165, 1.54) is 23.5 Å². The molecule has 20 heavy (non-hydrogen) atoms. The number of hydrogen-bond donors (Lipinski definition) is 1. The summed E-state index contributed by atoms with van der Waals surface area (Å²) in [6.07, 6.45) is 0. The molecular formula is C15H19F2NOS. The molecule has 0 atom stereocenters. The van der Waals surface area contributed by atoms with Crippen molar-refractivity contribution in [1.29, 1.82) is 0 Å². The molecule has 0 saturated heterocycles. The van der Waals surface area contributed by atoms with Crippen molar-refractivity contribution in [3.05, 3.63) is 34.2 Å². The lowest BCUT2D eigenvalue weighted by molar-refractivity contribution is 0.185. The molecule has 2 nitrogen and oxygen atoms in total. The zero-order valence-corrected chi connectivity index (χ0v) is 12.7. The SMILES string of the molecule is COCc1c(CNCC(C)C)sc2c(F)ccc(F)c12. The van der Waals surface area contributed by atoms with Crippen molar-refractivity contribution in [2.45, 2.75) is 27.0 Å². The first-order valence-corrected chi connectivity index (χ1v) is 7.44. The first kappa shape index (κ1) is 15.4. The third kappa shape index (κ3) is 3.16. The first-order chi connectivity index (χ1) is 9.54. The molecule has 0 radical (unpaired) electrons. The summed E-state index contributed by atoms with van der Waals surface area (Å²) in [5.41, 5.74) is 0.751. The highest BCUT2D eigenvalue weighted by Gasteiger charge is 2.18. The molecule has 0 spiro atoms. The minimum absolute atomic E-state index is 0.291. The van der Waals surface area contributed by atoms with Crippen molar-refractivity contribution in [2.75, 3.05) is 13.7 Å². The number of methoxy groups -OCH3 is 1. The van der Waals surface area contributed by atoms with Gasteiger partial charge in [-0.25, -0.2) is 8.78 Å². The summed E-state index contributed by atoms with van der Waals surface area (Å²) in [4.78, 5) is 0.937. The van der Waals surface area contributed by atoms with Crippen LogP contribution in [0.25, 0.3) is 10.1 Å². The lowest BCUT2D eigenvalue weighted by Crippen LogP contribution is -2.19. The molecule has 0 unspecified atom stereocenters. The molecule has 1 aromatic carbocycles. The molecule has 0 saturated carbocycles. The highest BCUT2D eigenvalue weighted by molar-refractivity contribution is 7.19. The molecule has 1 N–H and O–H groups in total. The predicted octanol–water partition coefficient (Wildman–Crippen LogP) is 4.07. The molecule has 1 heterocycles. The molecule has 0 aliphatic heterocycles. The van der Waals surface area contributed by atoms with E-state index in [2.05, 4.69) is 19.2 Å². The van der Waals surface area contributed by atoms with Gasteiger partial charge < -0.3 is 10.1 Å². The summed E-state index contributed by atoms with van der Waals surface area (Å²) >= 11 is 1.30. The minimum atomic E-state index is -0.389. The maximum atomic E-state index is 14.0. The largest absolute Gasteiger partial charge is 0.380 e. The van der Waals surface area contributed by atoms with Crippen LogP contribution in [0.5, 0.6) is 0 Å². The second-order valence-corrected chi connectivity index (χ2v) is 6.30. The summed E-state index contributed by atoms with van der Waals surface area (Å²) in [6, 6.07) is 2.35. The Hall–Kier alpha value is -1.04. The van der Waals surface area contributed by atoms with Crippen molar-refractivity contribution >= 4 is 21.4 Å². The zero-order valence-electron chi connectivity index (χ0n) is 11.9. The molecule has 110 valence electrons. The Kier molecular flexibility index (Phi) is 5.07. The lowest BCUT2D eigenvalue weighted by Gasteiger charge is -2.08. The van der Waals surface area contributed by atoms with E-state index in [0.717, 1.165) is 17.0 Å². The number of rotatable bonds is 6. The van der Waals surface area contributed by atoms with Crippen molar-refractivity contribution in [3.8, 4) is 0 Å². The van der Waals surface area contributed by atoms with Crippen LogP contribution >= 0.6 is 11.3 Å². The molecular weight excluding hydrogens is 280 g/mol. The van der Waals surface area contributed by atoms with Gasteiger partial charge in [0.1, 0.15) is 11.6 Å². The standard InChI is InChI=1S/C15H19F2NOS/c1-9(2)6-18-7-13-10(8-19-3)14-11(16)4-5-12(17)15(14)20-13/h4-5,9,18H,6-8H2,1-3H3. The quantitative estimate of drug-likeness (QED) is 0.868. The van der Waals surface area contributed by atoms with Crippen LogP contribution in [0.3, 0.4) is 0 Å². The van der Waals surface area contributed by atoms with E-state index in [0.29, 0.717) is 29.2 Å². The predicted molar refractivity (Wildman–Crippen MR) is 79.0 cm³/mol. The van der Waals surface area contributed by atoms with E-state index >= 15 is 0 Å². The fraction of sp³-hybridized carbons (Fsp3) is 0.467. The highest BCUT2D eigenvalue weighted by atomic mass is 32.1. The molecule has 1 aromatic heterocycles. The number of hydrogen-bond acceptors (Lipinski definition) is 3. The van der Waals surface area contributed by atoms with Crippen LogP contribution in [0, 0.1) is 17.6 Å². The van der Waals surface area contributed by atoms with E-state index in [1.807, 2.05) is 0 Å². The van der Waals surface area contributed by atoms with Gasteiger partial charge in [-0.05, 0) is 24.6 Å². The molecule has 2 aromatic rings. The van der Waals surface area contributed by atoms with Gasteiger partial charge in [0.2, 0.25) is 0 Å². The Morgan fingerprint density at radius 2 is 1.95 bits per heavy atom. The Labute approximate surface area is 121 Å². The molecule has 0 amide bonds. The first-order valence-electron chi connectivity index (χ1n) is 6.62. The number of fused-ring (bicyclic) bond motifs is 1. The summed E-state index contributed by atoms with van der Waals surface area (Å²) in [6.45, 7) is 6.00. The molecule has 0 bridgehead atoms. The van der Waals surface area contributed by atoms with E-state index in [9.17, 15) is 8.78 Å². The van der Waals surface area contributed by atoms with Crippen molar-refractivity contribution < 1.29 is 13.5 Å². The topological polar surface area (TPSA) is 21.3 Å². The number of nitrogens with one attached hydrogen (secondary N) is 1. The van der Waals surface area contributed by atoms with Gasteiger partial charge in [0.25, 0.3) is 0 Å². The Morgan fingerprint density at radius 3 is 2.60 bits per heavy atom. The zero-order chi connectivity index (χ0) is 14.7. The average Bonchev–Trinajstić information content (AvgIpc) is 2.75. The number of halogens is 2. The molecule has 0 aliphatic rings. The van der Waals surface area contributed by atoms with Gasteiger partial charge in [0, 0.05) is 29.5 Å². The van der Waals surface area contributed by atoms with E-state index in [1.54, 1.807) is 7.11 Å². The summed E-state index contributed by atoms with van der Waals surface area (Å²) in [5.74, 6) is -0.234. The monoisotopic (exact) mass is 299 g/mol. The van der Waals surface area contributed by atoms with Gasteiger partial charge >= 0.3 is 0 Å². The third-order valence-corrected chi connectivity index (χ3v) is 4.29. The van der Waals surface area contributed by atoms with Crippen LogP contribution in [0.4, 0.5) is 8.78 Å². The van der Waals surface area contributed by atoms with E-state index < -0.39 is 0 Å². The maximum absolute atomic E-state index is 14.0.